The van der Waals surface area contributed by atoms with Gasteiger partial charge in [-0.25, -0.2) is 0 Å². The maximum atomic E-state index is 4.97. The molecule has 0 saturated heterocycles. The van der Waals surface area contributed by atoms with Crippen LogP contribution in [0.1, 0.15) is 47.1 Å². The van der Waals surface area contributed by atoms with Gasteiger partial charge in [-0.05, 0) is 19.1 Å². The highest BCUT2D eigenvalue weighted by atomic mass is 16.5. The second kappa shape index (κ2) is 18.7. The molecule has 0 aromatic heterocycles. The number of methoxy groups -OCH3 is 1. The van der Waals surface area contributed by atoms with E-state index in [0.29, 0.717) is 0 Å². The van der Waals surface area contributed by atoms with Crippen molar-refractivity contribution in [1.82, 2.24) is 0 Å². The van der Waals surface area contributed by atoms with Crippen molar-refractivity contribution >= 4 is 0 Å². The molecule has 0 heterocycles. The molecule has 0 amide bonds. The maximum absolute atomic E-state index is 4.97. The Kier molecular flexibility index (Phi) is 24.4. The molecule has 1 heteroatoms. The lowest BCUT2D eigenvalue weighted by atomic mass is 10.2. The van der Waals surface area contributed by atoms with Gasteiger partial charge < -0.3 is 4.74 Å². The molecule has 0 unspecified atom stereocenters. The number of hydrogen-bond donors (Lipinski definition) is 0. The summed E-state index contributed by atoms with van der Waals surface area (Å²) in [5, 5.41) is 0. The summed E-state index contributed by atoms with van der Waals surface area (Å²) in [6.45, 7) is 14.1. The van der Waals surface area contributed by atoms with Crippen molar-refractivity contribution in [2.75, 3.05) is 7.11 Å². The van der Waals surface area contributed by atoms with Crippen LogP contribution in [0.25, 0.3) is 0 Å². The second-order valence-corrected chi connectivity index (χ2v) is 2.02. The number of benzene rings is 1. The summed E-state index contributed by atoms with van der Waals surface area (Å²) in [4.78, 5) is 0. The molecule has 1 nitrogen and oxygen atoms in total. The van der Waals surface area contributed by atoms with Crippen molar-refractivity contribution in [1.29, 1.82) is 0 Å². The fourth-order valence-electron chi connectivity index (χ4n) is 0.674. The molecule has 90 valence electrons. The molecule has 0 aliphatic carbocycles. The normalized spacial score (nSPS) is 6.67. The lowest BCUT2D eigenvalue weighted by Crippen LogP contribution is -1.80. The van der Waals surface area contributed by atoms with Crippen LogP contribution in [0.15, 0.2) is 24.3 Å². The van der Waals surface area contributed by atoms with Gasteiger partial charge >= 0.3 is 0 Å². The highest BCUT2D eigenvalue weighted by Gasteiger charge is 1.85. The Hall–Kier alpha value is -0.980. The molecule has 0 aliphatic heterocycles. The summed E-state index contributed by atoms with van der Waals surface area (Å²) in [6, 6.07) is 7.96. The minimum absolute atomic E-state index is 0.917. The summed E-state index contributed by atoms with van der Waals surface area (Å²) >= 11 is 0. The van der Waals surface area contributed by atoms with Crippen LogP contribution in [0.4, 0.5) is 0 Å². The first-order valence-corrected chi connectivity index (χ1v) is 5.93. The monoisotopic (exact) mass is 212 g/mol. The molecule has 1 aromatic rings. The van der Waals surface area contributed by atoms with Crippen LogP contribution in [-0.2, 0) is 0 Å². The molecule has 1 rings (SSSR count). The fourth-order valence-corrected chi connectivity index (χ4v) is 0.674. The molecule has 0 bridgehead atoms. The predicted octanol–water partition coefficient (Wildman–Crippen LogP) is 5.08. The van der Waals surface area contributed by atoms with Gasteiger partial charge in [-0.3, -0.25) is 0 Å². The van der Waals surface area contributed by atoms with Gasteiger partial charge in [0, 0.05) is 0 Å². The van der Waals surface area contributed by atoms with Crippen LogP contribution < -0.4 is 4.74 Å². The third kappa shape index (κ3) is 13.0. The lowest BCUT2D eigenvalue weighted by molar-refractivity contribution is 0.414. The smallest absolute Gasteiger partial charge is 0.118 e. The summed E-state index contributed by atoms with van der Waals surface area (Å²) in [6.07, 6.45) is 0. The van der Waals surface area contributed by atoms with Crippen LogP contribution >= 0.6 is 0 Å². The number of rotatable bonds is 1. The highest BCUT2D eigenvalue weighted by molar-refractivity contribution is 5.25. The number of ether oxygens (including phenoxy) is 1. The van der Waals surface area contributed by atoms with E-state index in [1.807, 2.05) is 65.8 Å². The van der Waals surface area contributed by atoms with Gasteiger partial charge in [0.15, 0.2) is 0 Å². The topological polar surface area (TPSA) is 9.23 Å². The first-order valence-electron chi connectivity index (χ1n) is 5.93. The maximum Gasteiger partial charge on any atom is 0.118 e. The van der Waals surface area contributed by atoms with Crippen LogP contribution in [-0.4, -0.2) is 7.11 Å². The minimum atomic E-state index is 0.917. The first-order chi connectivity index (χ1) is 7.33. The van der Waals surface area contributed by atoms with Crippen LogP contribution in [0.5, 0.6) is 5.75 Å². The molecule has 0 radical (unpaired) electrons. The molecule has 0 N–H and O–H groups in total. The third-order valence-corrected chi connectivity index (χ3v) is 1.26. The SMILES string of the molecule is CC.CC.CC.COc1ccc(C)cc1. The van der Waals surface area contributed by atoms with Crippen LogP contribution in [0.3, 0.4) is 0 Å². The largest absolute Gasteiger partial charge is 0.497 e. The Labute approximate surface area is 96.5 Å². The van der Waals surface area contributed by atoms with E-state index in [1.165, 1.54) is 5.56 Å². The quantitative estimate of drug-likeness (QED) is 0.630. The van der Waals surface area contributed by atoms with Gasteiger partial charge in [-0.15, -0.1) is 0 Å². The second-order valence-electron chi connectivity index (χ2n) is 2.02. The van der Waals surface area contributed by atoms with E-state index < -0.39 is 0 Å². The molecule has 1 aromatic carbocycles. The lowest BCUT2D eigenvalue weighted by Gasteiger charge is -1.97. The van der Waals surface area contributed by atoms with Gasteiger partial charge in [-0.2, -0.15) is 0 Å². The van der Waals surface area contributed by atoms with E-state index >= 15 is 0 Å². The van der Waals surface area contributed by atoms with Gasteiger partial charge in [0.1, 0.15) is 5.75 Å². The summed E-state index contributed by atoms with van der Waals surface area (Å²) in [7, 11) is 1.67. The van der Waals surface area contributed by atoms with Crippen molar-refractivity contribution in [2.45, 2.75) is 48.5 Å². The molecule has 0 spiro atoms. The van der Waals surface area contributed by atoms with E-state index in [1.54, 1.807) is 7.11 Å². The van der Waals surface area contributed by atoms with Gasteiger partial charge in [0.2, 0.25) is 0 Å². The van der Waals surface area contributed by atoms with Crippen LogP contribution in [0.2, 0.25) is 0 Å². The zero-order valence-electron chi connectivity index (χ0n) is 11.7. The van der Waals surface area contributed by atoms with E-state index in [4.69, 9.17) is 4.74 Å². The Morgan fingerprint density at radius 1 is 0.733 bits per heavy atom. The summed E-state index contributed by atoms with van der Waals surface area (Å²) < 4.78 is 4.97. The molecule has 0 saturated carbocycles. The zero-order chi connectivity index (χ0) is 12.7. The van der Waals surface area contributed by atoms with Crippen molar-refractivity contribution in [3.63, 3.8) is 0 Å². The molecule has 15 heavy (non-hydrogen) atoms. The van der Waals surface area contributed by atoms with Gasteiger partial charge in [0.25, 0.3) is 0 Å². The van der Waals surface area contributed by atoms with E-state index in [0.717, 1.165) is 5.75 Å². The molecule has 0 atom stereocenters. The van der Waals surface area contributed by atoms with Gasteiger partial charge in [-0.1, -0.05) is 59.2 Å². The molecular formula is C14H28O. The zero-order valence-corrected chi connectivity index (χ0v) is 11.7. The standard InChI is InChI=1S/C8H10O.3C2H6/c1-7-3-5-8(9-2)6-4-7;3*1-2/h3-6H,1-2H3;3*1-2H3. The molecule has 0 fully saturated rings. The van der Waals surface area contributed by atoms with Crippen molar-refractivity contribution < 1.29 is 4.74 Å². The Balaban J connectivity index is -0.000000208. The Bertz CT molecular complexity index is 177. The Morgan fingerprint density at radius 2 is 1.07 bits per heavy atom. The van der Waals surface area contributed by atoms with Crippen molar-refractivity contribution in [3.8, 4) is 5.75 Å². The average molecular weight is 212 g/mol. The van der Waals surface area contributed by atoms with Crippen LogP contribution in [0, 0.1) is 6.92 Å². The minimum Gasteiger partial charge on any atom is -0.497 e. The molecular weight excluding hydrogens is 184 g/mol. The van der Waals surface area contributed by atoms with E-state index in [-0.39, 0.29) is 0 Å². The fraction of sp³-hybridized carbons (Fsp3) is 0.571. The predicted molar refractivity (Wildman–Crippen MR) is 71.8 cm³/mol. The van der Waals surface area contributed by atoms with Crippen molar-refractivity contribution in [2.24, 2.45) is 0 Å². The first kappa shape index (κ1) is 19.6. The molecule has 0 aliphatic rings. The summed E-state index contributed by atoms with van der Waals surface area (Å²) in [5.41, 5.74) is 1.26. The van der Waals surface area contributed by atoms with E-state index in [2.05, 4.69) is 6.92 Å². The highest BCUT2D eigenvalue weighted by Crippen LogP contribution is 2.09. The number of hydrogen-bond acceptors (Lipinski definition) is 1. The van der Waals surface area contributed by atoms with E-state index in [9.17, 15) is 0 Å². The number of aryl methyl sites for hydroxylation is 1. The Morgan fingerprint density at radius 3 is 1.33 bits per heavy atom. The third-order valence-electron chi connectivity index (χ3n) is 1.26. The average Bonchev–Trinajstić information content (AvgIpc) is 2.38. The van der Waals surface area contributed by atoms with Crippen molar-refractivity contribution in [3.05, 3.63) is 29.8 Å². The summed E-state index contributed by atoms with van der Waals surface area (Å²) in [5.74, 6) is 0.917. The van der Waals surface area contributed by atoms with Gasteiger partial charge in [0.05, 0.1) is 7.11 Å².